The van der Waals surface area contributed by atoms with Crippen LogP contribution in [0, 0.1) is 5.82 Å². The van der Waals surface area contributed by atoms with E-state index in [-0.39, 0.29) is 47.7 Å². The van der Waals surface area contributed by atoms with Crippen molar-refractivity contribution < 1.29 is 54.1 Å². The molecular weight excluding hydrogens is 444 g/mol. The number of carboxylic acid groups (broad SMARTS) is 1. The molecule has 0 aliphatic heterocycles. The number of aliphatic hydroxyl groups excluding tert-OH is 2. The second-order valence-corrected chi connectivity index (χ2v) is 8.27. The second-order valence-electron chi connectivity index (χ2n) is 8.27. The second kappa shape index (κ2) is 12.9. The van der Waals surface area contributed by atoms with E-state index in [1.165, 1.54) is 18.2 Å². The number of halogens is 1. The van der Waals surface area contributed by atoms with E-state index in [1.807, 2.05) is 50.2 Å². The fourth-order valence-electron chi connectivity index (χ4n) is 3.66. The van der Waals surface area contributed by atoms with E-state index in [4.69, 9.17) is 4.98 Å². The summed E-state index contributed by atoms with van der Waals surface area (Å²) < 4.78 is 13.6. The molecule has 0 saturated heterocycles. The molecule has 3 rings (SSSR count). The van der Waals surface area contributed by atoms with Crippen molar-refractivity contribution in [3.8, 4) is 22.4 Å². The Morgan fingerprint density at radius 2 is 1.71 bits per heavy atom. The largest absolute Gasteiger partial charge is 1.00 e. The monoisotopic (exact) mass is 471 g/mol. The third-order valence-corrected chi connectivity index (χ3v) is 5.26. The van der Waals surface area contributed by atoms with Crippen LogP contribution in [0.4, 0.5) is 4.39 Å². The van der Waals surface area contributed by atoms with Gasteiger partial charge in [0.05, 0.1) is 23.6 Å². The van der Waals surface area contributed by atoms with E-state index in [1.54, 1.807) is 18.2 Å². The van der Waals surface area contributed by atoms with E-state index in [0.29, 0.717) is 0 Å². The Bertz CT molecular complexity index is 1120. The third-order valence-electron chi connectivity index (χ3n) is 5.26. The first-order valence-electron chi connectivity index (χ1n) is 10.8. The molecule has 0 fully saturated rings. The summed E-state index contributed by atoms with van der Waals surface area (Å²) in [5.74, 6) is -1.66. The Hall–Kier alpha value is -2.35. The maximum Gasteiger partial charge on any atom is 1.00 e. The Balaban J connectivity index is 0.00000408. The smallest absolute Gasteiger partial charge is 0.550 e. The first-order valence-corrected chi connectivity index (χ1v) is 10.8. The number of aliphatic hydroxyl groups is 2. The van der Waals surface area contributed by atoms with Crippen LogP contribution in [0.1, 0.15) is 43.9 Å². The Morgan fingerprint density at radius 1 is 1.06 bits per heavy atom. The quantitative estimate of drug-likeness (QED) is 0.454. The van der Waals surface area contributed by atoms with E-state index in [2.05, 4.69) is 0 Å². The third kappa shape index (κ3) is 7.58. The molecular formula is C27H27FNNaO4. The van der Waals surface area contributed by atoms with E-state index >= 15 is 0 Å². The van der Waals surface area contributed by atoms with E-state index < -0.39 is 24.6 Å². The minimum Gasteiger partial charge on any atom is -0.550 e. The van der Waals surface area contributed by atoms with Gasteiger partial charge in [-0.05, 0) is 35.2 Å². The molecule has 3 aromatic rings. The molecule has 2 N–H and O–H groups in total. The Labute approximate surface area is 221 Å². The number of nitrogens with zero attached hydrogens (tertiary/aromatic N) is 1. The van der Waals surface area contributed by atoms with Crippen molar-refractivity contribution in [1.82, 2.24) is 4.98 Å². The van der Waals surface area contributed by atoms with Gasteiger partial charge in [-0.2, -0.15) is 0 Å². The summed E-state index contributed by atoms with van der Waals surface area (Å²) in [5.41, 5.74) is 4.92. The zero-order valence-corrected chi connectivity index (χ0v) is 21.6. The van der Waals surface area contributed by atoms with Crippen molar-refractivity contribution in [3.63, 3.8) is 0 Å². The van der Waals surface area contributed by atoms with Crippen LogP contribution in [0.5, 0.6) is 0 Å². The number of rotatable bonds is 9. The average Bonchev–Trinajstić information content (AvgIpc) is 2.77. The number of carbonyl (C=O) groups excluding carboxylic acids is 1. The minimum absolute atomic E-state index is 0. The predicted octanol–water partition coefficient (Wildman–Crippen LogP) is 0.947. The van der Waals surface area contributed by atoms with Crippen molar-refractivity contribution in [2.75, 3.05) is 0 Å². The topological polar surface area (TPSA) is 93.5 Å². The number of aliphatic carboxylic acids is 1. The summed E-state index contributed by atoms with van der Waals surface area (Å²) in [7, 11) is 0. The van der Waals surface area contributed by atoms with Crippen molar-refractivity contribution >= 4 is 12.0 Å². The van der Waals surface area contributed by atoms with Gasteiger partial charge < -0.3 is 20.1 Å². The van der Waals surface area contributed by atoms with Gasteiger partial charge in [0, 0.05) is 29.9 Å². The minimum atomic E-state index is -1.37. The number of hydrogen-bond donors (Lipinski definition) is 2. The molecule has 5 nitrogen and oxygen atoms in total. The van der Waals surface area contributed by atoms with Crippen LogP contribution < -0.4 is 34.7 Å². The van der Waals surface area contributed by atoms with Gasteiger partial charge in [-0.3, -0.25) is 4.98 Å². The first kappa shape index (κ1) is 27.9. The van der Waals surface area contributed by atoms with E-state index in [9.17, 15) is 24.5 Å². The molecule has 1 heterocycles. The number of pyridine rings is 1. The molecule has 0 unspecified atom stereocenters. The number of hydrogen-bond acceptors (Lipinski definition) is 5. The maximum atomic E-state index is 13.6. The molecule has 0 aliphatic rings. The van der Waals surface area contributed by atoms with Crippen LogP contribution in [-0.2, 0) is 4.79 Å². The van der Waals surface area contributed by atoms with E-state index in [0.717, 1.165) is 33.6 Å². The summed E-state index contributed by atoms with van der Waals surface area (Å²) in [6.07, 6.45) is 0.283. The predicted molar refractivity (Wildman–Crippen MR) is 124 cm³/mol. The molecule has 0 bridgehead atoms. The van der Waals surface area contributed by atoms with Gasteiger partial charge in [-0.15, -0.1) is 0 Å². The zero-order chi connectivity index (χ0) is 24.0. The fraction of sp³-hybridized carbons (Fsp3) is 0.259. The average molecular weight is 472 g/mol. The molecule has 0 saturated carbocycles. The van der Waals surface area contributed by atoms with Gasteiger partial charge in [0.2, 0.25) is 0 Å². The molecule has 7 heteroatoms. The molecule has 0 aliphatic carbocycles. The number of benzene rings is 2. The van der Waals surface area contributed by atoms with Gasteiger partial charge in [-0.25, -0.2) is 4.39 Å². The Morgan fingerprint density at radius 3 is 2.29 bits per heavy atom. The van der Waals surface area contributed by atoms with Crippen molar-refractivity contribution in [1.29, 1.82) is 0 Å². The van der Waals surface area contributed by atoms with Crippen LogP contribution in [-0.4, -0.2) is 33.4 Å². The van der Waals surface area contributed by atoms with Crippen LogP contribution in [0.2, 0.25) is 0 Å². The van der Waals surface area contributed by atoms with Gasteiger partial charge >= 0.3 is 29.6 Å². The standard InChI is InChI=1S/C27H28FNO4.Na/c1-17(2)27-23(13-12-21(30)14-22(31)15-26(32)33)24(18-8-10-20(28)11-9-18)16-25(29-27)19-6-4-3-5-7-19;/h3-13,16-17,21-22,30-31H,14-15H2,1-2H3,(H,32,33);/q;+1/p-1/b13-12+;/t21-,22-;/m1./s1. The number of carboxylic acids is 1. The Kier molecular flexibility index (Phi) is 10.6. The molecule has 0 amide bonds. The molecule has 172 valence electrons. The maximum absolute atomic E-state index is 13.6. The molecule has 0 radical (unpaired) electrons. The van der Waals surface area contributed by atoms with Crippen LogP contribution in [0.15, 0.2) is 66.7 Å². The van der Waals surface area contributed by atoms with Crippen molar-refractivity contribution in [2.45, 2.75) is 44.8 Å². The van der Waals surface area contributed by atoms with Gasteiger partial charge in [0.15, 0.2) is 0 Å². The molecule has 1 aromatic heterocycles. The SMILES string of the molecule is CC(C)c1nc(-c2ccccc2)cc(-c2ccc(F)cc2)c1/C=C/[C@@H](O)C[C@@H](O)CC(=O)[O-].[Na+]. The van der Waals surface area contributed by atoms with Gasteiger partial charge in [-0.1, -0.05) is 68.5 Å². The number of carbonyl (C=O) groups is 1. The first-order chi connectivity index (χ1) is 15.7. The molecule has 34 heavy (non-hydrogen) atoms. The van der Waals surface area contributed by atoms with Crippen LogP contribution in [0.3, 0.4) is 0 Å². The van der Waals surface area contributed by atoms with Gasteiger partial charge in [0.1, 0.15) is 5.82 Å². The van der Waals surface area contributed by atoms with Crippen LogP contribution in [0.25, 0.3) is 28.5 Å². The molecule has 0 spiro atoms. The summed E-state index contributed by atoms with van der Waals surface area (Å²) in [5, 5.41) is 30.8. The summed E-state index contributed by atoms with van der Waals surface area (Å²) >= 11 is 0. The molecule has 2 aromatic carbocycles. The fourth-order valence-corrected chi connectivity index (χ4v) is 3.66. The van der Waals surface area contributed by atoms with Crippen LogP contribution >= 0.6 is 0 Å². The molecule has 2 atom stereocenters. The van der Waals surface area contributed by atoms with Crippen molar-refractivity contribution in [2.24, 2.45) is 0 Å². The van der Waals surface area contributed by atoms with Gasteiger partial charge in [0.25, 0.3) is 0 Å². The van der Waals surface area contributed by atoms with Crippen molar-refractivity contribution in [3.05, 3.63) is 83.8 Å². The summed E-state index contributed by atoms with van der Waals surface area (Å²) in [4.78, 5) is 15.5. The summed E-state index contributed by atoms with van der Waals surface area (Å²) in [6, 6.07) is 17.9. The number of aromatic nitrogens is 1. The summed E-state index contributed by atoms with van der Waals surface area (Å²) in [6.45, 7) is 4.03. The normalized spacial score (nSPS) is 13.0. The zero-order valence-electron chi connectivity index (χ0n) is 19.6.